The number of carbonyl (C=O) groups is 1. The maximum atomic E-state index is 13.7. The van der Waals surface area contributed by atoms with Crippen LogP contribution in [0.15, 0.2) is 22.9 Å². The Morgan fingerprint density at radius 2 is 2.39 bits per heavy atom. The van der Waals surface area contributed by atoms with E-state index in [1.807, 2.05) is 0 Å². The van der Waals surface area contributed by atoms with Crippen molar-refractivity contribution < 1.29 is 18.8 Å². The van der Waals surface area contributed by atoms with E-state index in [1.54, 1.807) is 13.0 Å². The van der Waals surface area contributed by atoms with Crippen molar-refractivity contribution in [3.8, 4) is 0 Å². The Morgan fingerprint density at radius 3 is 3.00 bits per heavy atom. The molecule has 0 aliphatic heterocycles. The van der Waals surface area contributed by atoms with Crippen molar-refractivity contribution in [3.63, 3.8) is 0 Å². The molecule has 0 spiro atoms. The molecule has 0 amide bonds. The lowest BCUT2D eigenvalue weighted by atomic mass is 10.2. The van der Waals surface area contributed by atoms with Crippen molar-refractivity contribution in [2.45, 2.75) is 13.5 Å². The first-order chi connectivity index (χ1) is 8.58. The zero-order chi connectivity index (χ0) is 13.1. The van der Waals surface area contributed by atoms with Crippen LogP contribution in [0.4, 0.5) is 10.2 Å². The number of pyridine rings is 1. The predicted octanol–water partition coefficient (Wildman–Crippen LogP) is 1.83. The predicted molar refractivity (Wildman–Crippen MR) is 59.7 cm³/mol. The van der Waals surface area contributed by atoms with E-state index in [9.17, 15) is 9.18 Å². The van der Waals surface area contributed by atoms with Gasteiger partial charge < -0.3 is 14.9 Å². The summed E-state index contributed by atoms with van der Waals surface area (Å²) in [6.45, 7) is 1.94. The molecule has 0 atom stereocenters. The molecule has 0 aliphatic carbocycles. The van der Waals surface area contributed by atoms with Gasteiger partial charge >= 0.3 is 5.97 Å². The molecular weight excluding hydrogens is 241 g/mol. The summed E-state index contributed by atoms with van der Waals surface area (Å²) in [6.07, 6.45) is 1.22. The Balaban J connectivity index is 2.14. The fraction of sp³-hybridized carbons (Fsp3) is 0.182. The fourth-order valence-corrected chi connectivity index (χ4v) is 1.40. The molecule has 6 nitrogen and oxygen atoms in total. The van der Waals surface area contributed by atoms with Crippen molar-refractivity contribution in [3.05, 3.63) is 41.2 Å². The molecule has 0 unspecified atom stereocenters. The number of rotatable bonds is 4. The van der Waals surface area contributed by atoms with E-state index >= 15 is 0 Å². The molecule has 7 heteroatoms. The Hall–Kier alpha value is -2.44. The summed E-state index contributed by atoms with van der Waals surface area (Å²) in [5.41, 5.74) is 0.278. The van der Waals surface area contributed by atoms with Crippen LogP contribution in [0, 0.1) is 12.7 Å². The third-order valence-corrected chi connectivity index (χ3v) is 2.23. The summed E-state index contributed by atoms with van der Waals surface area (Å²) in [5, 5.41) is 15.1. The number of carboxylic acids is 1. The summed E-state index contributed by atoms with van der Waals surface area (Å²) in [5.74, 6) is -1.87. The van der Waals surface area contributed by atoms with Gasteiger partial charge in [0.15, 0.2) is 17.4 Å². The Kier molecular flexibility index (Phi) is 3.22. The molecule has 0 fully saturated rings. The van der Waals surface area contributed by atoms with E-state index in [4.69, 9.17) is 9.63 Å². The number of nitrogens with zero attached hydrogens (tertiary/aromatic N) is 2. The Morgan fingerprint density at radius 1 is 1.61 bits per heavy atom. The molecule has 0 saturated carbocycles. The normalized spacial score (nSPS) is 10.3. The van der Waals surface area contributed by atoms with Crippen LogP contribution >= 0.6 is 0 Å². The highest BCUT2D eigenvalue weighted by Gasteiger charge is 2.15. The molecule has 2 aromatic heterocycles. The zero-order valence-electron chi connectivity index (χ0n) is 9.48. The average Bonchev–Trinajstić information content (AvgIpc) is 2.73. The molecule has 2 N–H and O–H groups in total. The highest BCUT2D eigenvalue weighted by molar-refractivity contribution is 5.88. The van der Waals surface area contributed by atoms with Gasteiger partial charge in [0, 0.05) is 12.3 Å². The van der Waals surface area contributed by atoms with Gasteiger partial charge in [-0.15, -0.1) is 0 Å². The molecule has 0 bridgehead atoms. The van der Waals surface area contributed by atoms with Crippen LogP contribution in [-0.2, 0) is 6.54 Å². The van der Waals surface area contributed by atoms with Gasteiger partial charge in [-0.2, -0.15) is 0 Å². The van der Waals surface area contributed by atoms with Gasteiger partial charge in [0.25, 0.3) is 0 Å². The van der Waals surface area contributed by atoms with E-state index < -0.39 is 17.3 Å². The first-order valence-corrected chi connectivity index (χ1v) is 5.12. The standard InChI is InChI=1S/C11H10FN3O3/c1-6-4-7(18-15-6)5-14-10-9(12)8(11(16)17)2-3-13-10/h2-4H,5H2,1H3,(H,13,14)(H,16,17). The SMILES string of the molecule is Cc1cc(CNc2nccc(C(=O)O)c2F)on1. The van der Waals surface area contributed by atoms with Crippen LogP contribution in [0.3, 0.4) is 0 Å². The van der Waals surface area contributed by atoms with Gasteiger partial charge in [-0.3, -0.25) is 0 Å². The van der Waals surface area contributed by atoms with E-state index in [1.165, 1.54) is 6.20 Å². The number of anilines is 1. The van der Waals surface area contributed by atoms with Gasteiger partial charge in [-0.05, 0) is 13.0 Å². The van der Waals surface area contributed by atoms with Gasteiger partial charge in [0.1, 0.15) is 5.56 Å². The Bertz CT molecular complexity index is 583. The van der Waals surface area contributed by atoms with Crippen LogP contribution in [0.1, 0.15) is 21.8 Å². The topological polar surface area (TPSA) is 88.2 Å². The number of hydrogen-bond donors (Lipinski definition) is 2. The molecule has 0 radical (unpaired) electrons. The third-order valence-electron chi connectivity index (χ3n) is 2.23. The number of aromatic nitrogens is 2. The molecular formula is C11H10FN3O3. The highest BCUT2D eigenvalue weighted by Crippen LogP contribution is 2.16. The zero-order valence-corrected chi connectivity index (χ0v) is 9.48. The smallest absolute Gasteiger partial charge is 0.338 e. The minimum atomic E-state index is -1.34. The number of aromatic carboxylic acids is 1. The average molecular weight is 251 g/mol. The van der Waals surface area contributed by atoms with E-state index in [-0.39, 0.29) is 12.4 Å². The van der Waals surface area contributed by atoms with Crippen molar-refractivity contribution in [2.24, 2.45) is 0 Å². The maximum Gasteiger partial charge on any atom is 0.338 e. The second kappa shape index (κ2) is 4.82. The fourth-order valence-electron chi connectivity index (χ4n) is 1.40. The minimum Gasteiger partial charge on any atom is -0.478 e. The minimum absolute atomic E-state index is 0.135. The molecule has 0 saturated heterocycles. The summed E-state index contributed by atoms with van der Waals surface area (Å²) in [7, 11) is 0. The van der Waals surface area contributed by atoms with Gasteiger partial charge in [0.2, 0.25) is 0 Å². The lowest BCUT2D eigenvalue weighted by Crippen LogP contribution is -2.08. The molecule has 2 aromatic rings. The quantitative estimate of drug-likeness (QED) is 0.861. The molecule has 2 rings (SSSR count). The molecule has 18 heavy (non-hydrogen) atoms. The van der Waals surface area contributed by atoms with Crippen LogP contribution in [0.2, 0.25) is 0 Å². The largest absolute Gasteiger partial charge is 0.478 e. The first-order valence-electron chi connectivity index (χ1n) is 5.12. The number of hydrogen-bond acceptors (Lipinski definition) is 5. The molecule has 94 valence electrons. The summed E-state index contributed by atoms with van der Waals surface area (Å²) in [4.78, 5) is 14.5. The lowest BCUT2D eigenvalue weighted by Gasteiger charge is -2.05. The summed E-state index contributed by atoms with van der Waals surface area (Å²) >= 11 is 0. The third kappa shape index (κ3) is 2.45. The Labute approximate surface area is 101 Å². The molecule has 2 heterocycles. The monoisotopic (exact) mass is 251 g/mol. The summed E-state index contributed by atoms with van der Waals surface area (Å²) in [6, 6.07) is 2.79. The van der Waals surface area contributed by atoms with Gasteiger partial charge in [-0.25, -0.2) is 14.2 Å². The van der Waals surface area contributed by atoms with Crippen molar-refractivity contribution in [2.75, 3.05) is 5.32 Å². The first kappa shape index (κ1) is 12.0. The molecule has 0 aromatic carbocycles. The van der Waals surface area contributed by atoms with Crippen LogP contribution in [0.5, 0.6) is 0 Å². The number of aryl methyl sites for hydroxylation is 1. The second-order valence-corrected chi connectivity index (χ2v) is 3.61. The lowest BCUT2D eigenvalue weighted by molar-refractivity contribution is 0.0692. The van der Waals surface area contributed by atoms with E-state index in [2.05, 4.69) is 15.5 Å². The molecule has 0 aliphatic rings. The van der Waals surface area contributed by atoms with Gasteiger partial charge in [0.05, 0.1) is 12.2 Å². The maximum absolute atomic E-state index is 13.7. The van der Waals surface area contributed by atoms with E-state index in [0.29, 0.717) is 11.5 Å². The van der Waals surface area contributed by atoms with Crippen LogP contribution in [0.25, 0.3) is 0 Å². The highest BCUT2D eigenvalue weighted by atomic mass is 19.1. The van der Waals surface area contributed by atoms with Gasteiger partial charge in [-0.1, -0.05) is 5.16 Å². The van der Waals surface area contributed by atoms with Crippen LogP contribution < -0.4 is 5.32 Å². The van der Waals surface area contributed by atoms with Crippen molar-refractivity contribution in [1.29, 1.82) is 0 Å². The second-order valence-electron chi connectivity index (χ2n) is 3.61. The number of carboxylic acid groups (broad SMARTS) is 1. The number of nitrogens with one attached hydrogen (secondary N) is 1. The van der Waals surface area contributed by atoms with Crippen LogP contribution in [-0.4, -0.2) is 21.2 Å². The van der Waals surface area contributed by atoms with E-state index in [0.717, 1.165) is 6.07 Å². The summed E-state index contributed by atoms with van der Waals surface area (Å²) < 4.78 is 18.6. The number of halogens is 1. The van der Waals surface area contributed by atoms with Crippen molar-refractivity contribution in [1.82, 2.24) is 10.1 Å². The van der Waals surface area contributed by atoms with Crippen molar-refractivity contribution >= 4 is 11.8 Å².